The number of sulfonamides is 1. The summed E-state index contributed by atoms with van der Waals surface area (Å²) in [7, 11) is -3.42. The largest absolute Gasteiger partial charge is 0.463 e. The van der Waals surface area contributed by atoms with Crippen molar-refractivity contribution >= 4 is 22.0 Å². The molecule has 1 atom stereocenters. The SMILES string of the molecule is CC(C)NS(=O)(=O)CCNC(=O)NC1C(=O)OCC1(C)C. The number of rotatable bonds is 6. The molecule has 0 bridgehead atoms. The van der Waals surface area contributed by atoms with Crippen molar-refractivity contribution in [2.75, 3.05) is 18.9 Å². The van der Waals surface area contributed by atoms with Crippen LogP contribution in [0.25, 0.3) is 0 Å². The summed E-state index contributed by atoms with van der Waals surface area (Å²) in [5.74, 6) is -0.707. The minimum Gasteiger partial charge on any atom is -0.463 e. The van der Waals surface area contributed by atoms with Gasteiger partial charge in [0.25, 0.3) is 0 Å². The smallest absolute Gasteiger partial charge is 0.329 e. The molecule has 0 saturated carbocycles. The van der Waals surface area contributed by atoms with Crippen LogP contribution in [-0.4, -0.2) is 51.4 Å². The predicted molar refractivity (Wildman–Crippen MR) is 77.1 cm³/mol. The molecule has 21 heavy (non-hydrogen) atoms. The van der Waals surface area contributed by atoms with Gasteiger partial charge in [0.1, 0.15) is 6.04 Å². The number of esters is 1. The molecule has 1 aliphatic rings. The number of cyclic esters (lactones) is 1. The molecule has 0 radical (unpaired) electrons. The Bertz CT molecular complexity index is 501. The van der Waals surface area contributed by atoms with Crippen LogP contribution in [0.15, 0.2) is 0 Å². The molecule has 0 aromatic carbocycles. The molecule has 1 rings (SSSR count). The second kappa shape index (κ2) is 6.61. The zero-order chi connectivity index (χ0) is 16.3. The fourth-order valence-electron chi connectivity index (χ4n) is 1.90. The van der Waals surface area contributed by atoms with E-state index in [2.05, 4.69) is 15.4 Å². The van der Waals surface area contributed by atoms with E-state index in [1.807, 2.05) is 0 Å². The molecule has 1 fully saturated rings. The van der Waals surface area contributed by atoms with Crippen LogP contribution in [0.3, 0.4) is 0 Å². The third-order valence-electron chi connectivity index (χ3n) is 2.95. The quantitative estimate of drug-likeness (QED) is 0.574. The molecule has 1 aliphatic heterocycles. The van der Waals surface area contributed by atoms with Crippen molar-refractivity contribution in [1.82, 2.24) is 15.4 Å². The summed E-state index contributed by atoms with van der Waals surface area (Å²) in [6.45, 7) is 7.23. The summed E-state index contributed by atoms with van der Waals surface area (Å²) in [5, 5.41) is 4.93. The number of urea groups is 1. The first-order valence-electron chi connectivity index (χ1n) is 6.74. The summed E-state index contributed by atoms with van der Waals surface area (Å²) in [6.07, 6.45) is 0. The third-order valence-corrected chi connectivity index (χ3v) is 4.52. The van der Waals surface area contributed by atoms with Gasteiger partial charge >= 0.3 is 12.0 Å². The van der Waals surface area contributed by atoms with E-state index in [0.717, 1.165) is 0 Å². The number of hydrogen-bond donors (Lipinski definition) is 3. The lowest BCUT2D eigenvalue weighted by atomic mass is 9.88. The lowest BCUT2D eigenvalue weighted by Crippen LogP contribution is -2.51. The number of nitrogens with one attached hydrogen (secondary N) is 3. The lowest BCUT2D eigenvalue weighted by Gasteiger charge is -2.22. The van der Waals surface area contributed by atoms with E-state index in [-0.39, 0.29) is 24.9 Å². The maximum Gasteiger partial charge on any atom is 0.329 e. The van der Waals surface area contributed by atoms with E-state index in [0.29, 0.717) is 0 Å². The zero-order valence-corrected chi connectivity index (χ0v) is 13.5. The molecular weight excluding hydrogens is 298 g/mol. The number of amides is 2. The average molecular weight is 321 g/mol. The van der Waals surface area contributed by atoms with E-state index < -0.39 is 33.5 Å². The molecule has 2 amide bonds. The Morgan fingerprint density at radius 3 is 2.52 bits per heavy atom. The Labute approximate surface area is 125 Å². The molecule has 0 spiro atoms. The highest BCUT2D eigenvalue weighted by molar-refractivity contribution is 7.89. The molecule has 1 saturated heterocycles. The van der Waals surface area contributed by atoms with Crippen molar-refractivity contribution in [3.05, 3.63) is 0 Å². The van der Waals surface area contributed by atoms with Crippen LogP contribution in [-0.2, 0) is 19.6 Å². The van der Waals surface area contributed by atoms with Crippen LogP contribution < -0.4 is 15.4 Å². The Kier molecular flexibility index (Phi) is 5.57. The summed E-state index contributed by atoms with van der Waals surface area (Å²) < 4.78 is 30.4. The van der Waals surface area contributed by atoms with Crippen molar-refractivity contribution in [1.29, 1.82) is 0 Å². The molecule has 9 heteroatoms. The van der Waals surface area contributed by atoms with E-state index >= 15 is 0 Å². The lowest BCUT2D eigenvalue weighted by molar-refractivity contribution is -0.139. The molecule has 1 heterocycles. The Balaban J connectivity index is 2.40. The maximum absolute atomic E-state index is 11.7. The van der Waals surface area contributed by atoms with Crippen LogP contribution in [0.4, 0.5) is 4.79 Å². The van der Waals surface area contributed by atoms with Gasteiger partial charge in [0.15, 0.2) is 0 Å². The van der Waals surface area contributed by atoms with Crippen LogP contribution in [0, 0.1) is 5.41 Å². The molecular formula is C12H23N3O5S. The first-order chi connectivity index (χ1) is 9.53. The Morgan fingerprint density at radius 2 is 2.05 bits per heavy atom. The van der Waals surface area contributed by atoms with Gasteiger partial charge in [-0.25, -0.2) is 22.7 Å². The van der Waals surface area contributed by atoms with Crippen molar-refractivity contribution in [2.24, 2.45) is 5.41 Å². The Morgan fingerprint density at radius 1 is 1.43 bits per heavy atom. The van der Waals surface area contributed by atoms with Crippen LogP contribution in [0.5, 0.6) is 0 Å². The van der Waals surface area contributed by atoms with Gasteiger partial charge < -0.3 is 15.4 Å². The summed E-state index contributed by atoms with van der Waals surface area (Å²) >= 11 is 0. The molecule has 0 aromatic heterocycles. The number of carbonyl (C=O) groups is 2. The van der Waals surface area contributed by atoms with Crippen molar-refractivity contribution < 1.29 is 22.7 Å². The van der Waals surface area contributed by atoms with E-state index in [1.165, 1.54) is 0 Å². The van der Waals surface area contributed by atoms with Crippen LogP contribution in [0.1, 0.15) is 27.7 Å². The van der Waals surface area contributed by atoms with E-state index in [1.54, 1.807) is 27.7 Å². The first kappa shape index (κ1) is 17.7. The normalized spacial score (nSPS) is 21.2. The predicted octanol–water partition coefficient (Wildman–Crippen LogP) is -0.435. The molecule has 0 aliphatic carbocycles. The fraction of sp³-hybridized carbons (Fsp3) is 0.833. The van der Waals surface area contributed by atoms with Gasteiger partial charge in [-0.05, 0) is 13.8 Å². The summed E-state index contributed by atoms with van der Waals surface area (Å²) in [5.41, 5.74) is -0.486. The van der Waals surface area contributed by atoms with Gasteiger partial charge in [0.2, 0.25) is 10.0 Å². The standard InChI is InChI=1S/C12H23N3O5S/c1-8(2)15-21(18,19)6-5-13-11(17)14-9-10(16)20-7-12(9,3)4/h8-9,15H,5-7H2,1-4H3,(H2,13,14,17). The maximum atomic E-state index is 11.7. The van der Waals surface area contributed by atoms with Crippen LogP contribution >= 0.6 is 0 Å². The van der Waals surface area contributed by atoms with Gasteiger partial charge in [-0.2, -0.15) is 0 Å². The molecule has 1 unspecified atom stereocenters. The first-order valence-corrected chi connectivity index (χ1v) is 8.40. The minimum atomic E-state index is -3.42. The average Bonchev–Trinajstić information content (AvgIpc) is 2.54. The van der Waals surface area contributed by atoms with Crippen molar-refractivity contribution in [2.45, 2.75) is 39.8 Å². The molecule has 8 nitrogen and oxygen atoms in total. The van der Waals surface area contributed by atoms with Gasteiger partial charge in [-0.15, -0.1) is 0 Å². The minimum absolute atomic E-state index is 0.0456. The summed E-state index contributed by atoms with van der Waals surface area (Å²) in [6, 6.07) is -1.52. The second-order valence-corrected chi connectivity index (χ2v) is 7.89. The third kappa shape index (κ3) is 5.50. The fourth-order valence-corrected chi connectivity index (χ4v) is 3.10. The summed E-state index contributed by atoms with van der Waals surface area (Å²) in [4.78, 5) is 23.2. The molecule has 3 N–H and O–H groups in total. The van der Waals surface area contributed by atoms with E-state index in [4.69, 9.17) is 4.74 Å². The number of ether oxygens (including phenoxy) is 1. The van der Waals surface area contributed by atoms with Gasteiger partial charge in [-0.3, -0.25) is 0 Å². The van der Waals surface area contributed by atoms with Crippen molar-refractivity contribution in [3.63, 3.8) is 0 Å². The van der Waals surface area contributed by atoms with E-state index in [9.17, 15) is 18.0 Å². The van der Waals surface area contributed by atoms with Crippen molar-refractivity contribution in [3.8, 4) is 0 Å². The monoisotopic (exact) mass is 321 g/mol. The van der Waals surface area contributed by atoms with Gasteiger partial charge in [0, 0.05) is 18.0 Å². The highest BCUT2D eigenvalue weighted by atomic mass is 32.2. The van der Waals surface area contributed by atoms with Crippen LogP contribution in [0.2, 0.25) is 0 Å². The Hall–Kier alpha value is -1.35. The number of hydrogen-bond acceptors (Lipinski definition) is 5. The highest BCUT2D eigenvalue weighted by Crippen LogP contribution is 2.28. The van der Waals surface area contributed by atoms with Gasteiger partial charge in [0.05, 0.1) is 12.4 Å². The highest BCUT2D eigenvalue weighted by Gasteiger charge is 2.44. The second-order valence-electron chi connectivity index (χ2n) is 6.02. The van der Waals surface area contributed by atoms with Gasteiger partial charge in [-0.1, -0.05) is 13.8 Å². The zero-order valence-electron chi connectivity index (χ0n) is 12.7. The molecule has 0 aromatic rings. The number of carbonyl (C=O) groups excluding carboxylic acids is 2. The molecule has 122 valence electrons. The topological polar surface area (TPSA) is 114 Å².